The molecule has 0 aliphatic carbocycles. The number of nitrogens with one attached hydrogen (secondary N) is 3. The predicted molar refractivity (Wildman–Crippen MR) is 113 cm³/mol. The summed E-state index contributed by atoms with van der Waals surface area (Å²) in [5, 5.41) is 11.0. The lowest BCUT2D eigenvalue weighted by atomic mass is 9.92. The summed E-state index contributed by atoms with van der Waals surface area (Å²) >= 11 is 0. The number of rotatable bonds is 8. The first-order valence-corrected chi connectivity index (χ1v) is 10.1. The van der Waals surface area contributed by atoms with Gasteiger partial charge < -0.3 is 20.7 Å². The number of anilines is 1. The van der Waals surface area contributed by atoms with Crippen LogP contribution in [0.4, 0.5) is 5.69 Å². The van der Waals surface area contributed by atoms with E-state index in [1.165, 1.54) is 24.0 Å². The van der Waals surface area contributed by atoms with Crippen molar-refractivity contribution in [3.63, 3.8) is 0 Å². The van der Waals surface area contributed by atoms with Gasteiger partial charge in [-0.25, -0.2) is 0 Å². The topological polar surface area (TPSA) is 45.3 Å². The molecule has 2 aromatic rings. The molecule has 1 aliphatic heterocycles. The number of ether oxygens (including phenoxy) is 1. The first kappa shape index (κ1) is 19.7. The normalized spacial score (nSPS) is 19.9. The van der Waals surface area contributed by atoms with Crippen molar-refractivity contribution in [2.75, 3.05) is 25.5 Å². The Morgan fingerprint density at radius 1 is 1.15 bits per heavy atom. The average molecular weight is 368 g/mol. The summed E-state index contributed by atoms with van der Waals surface area (Å²) in [6.07, 6.45) is 2.38. The van der Waals surface area contributed by atoms with Gasteiger partial charge in [-0.1, -0.05) is 44.2 Å². The van der Waals surface area contributed by atoms with E-state index in [-0.39, 0.29) is 0 Å². The van der Waals surface area contributed by atoms with Gasteiger partial charge in [-0.2, -0.15) is 0 Å². The molecule has 3 N–H and O–H groups in total. The van der Waals surface area contributed by atoms with Gasteiger partial charge >= 0.3 is 0 Å². The van der Waals surface area contributed by atoms with Gasteiger partial charge in [-0.15, -0.1) is 0 Å². The Labute approximate surface area is 163 Å². The fraction of sp³-hybridized carbons (Fsp3) is 0.478. The van der Waals surface area contributed by atoms with Crippen LogP contribution in [0.1, 0.15) is 43.9 Å². The van der Waals surface area contributed by atoms with E-state index in [1.54, 1.807) is 7.11 Å². The van der Waals surface area contributed by atoms with Crippen LogP contribution >= 0.6 is 0 Å². The predicted octanol–water partition coefficient (Wildman–Crippen LogP) is 4.35. The second-order valence-corrected chi connectivity index (χ2v) is 7.77. The molecule has 0 spiro atoms. The monoisotopic (exact) mass is 367 g/mol. The largest absolute Gasteiger partial charge is 0.496 e. The van der Waals surface area contributed by atoms with Crippen molar-refractivity contribution in [1.82, 2.24) is 10.6 Å². The average Bonchev–Trinajstić information content (AvgIpc) is 2.71. The van der Waals surface area contributed by atoms with Crippen molar-refractivity contribution in [3.05, 3.63) is 59.7 Å². The van der Waals surface area contributed by atoms with Crippen molar-refractivity contribution in [1.29, 1.82) is 0 Å². The molecule has 0 radical (unpaired) electrons. The summed E-state index contributed by atoms with van der Waals surface area (Å²) in [7, 11) is 1.75. The smallest absolute Gasteiger partial charge is 0.123 e. The minimum absolute atomic E-state index is 0.355. The van der Waals surface area contributed by atoms with E-state index in [1.807, 2.05) is 0 Å². The summed E-state index contributed by atoms with van der Waals surface area (Å²) in [6.45, 7) is 7.30. The molecular formula is C23H33N3O. The Balaban J connectivity index is 1.69. The highest BCUT2D eigenvalue weighted by Gasteiger charge is 2.25. The molecule has 0 bridgehead atoms. The van der Waals surface area contributed by atoms with Crippen LogP contribution in [0.2, 0.25) is 0 Å². The summed E-state index contributed by atoms with van der Waals surface area (Å²) in [5.74, 6) is 1.56. The highest BCUT2D eigenvalue weighted by molar-refractivity contribution is 5.51. The number of piperidine rings is 1. The van der Waals surface area contributed by atoms with Gasteiger partial charge in [-0.05, 0) is 49.1 Å². The van der Waals surface area contributed by atoms with Gasteiger partial charge in [-0.3, -0.25) is 0 Å². The number of benzene rings is 2. The van der Waals surface area contributed by atoms with Gasteiger partial charge in [0, 0.05) is 36.4 Å². The maximum atomic E-state index is 5.59. The summed E-state index contributed by atoms with van der Waals surface area (Å²) < 4.78 is 5.59. The van der Waals surface area contributed by atoms with Gasteiger partial charge in [0.25, 0.3) is 0 Å². The van der Waals surface area contributed by atoms with Gasteiger partial charge in [0.1, 0.15) is 5.75 Å². The second kappa shape index (κ2) is 9.77. The van der Waals surface area contributed by atoms with Gasteiger partial charge in [0.05, 0.1) is 7.11 Å². The van der Waals surface area contributed by atoms with E-state index in [0.717, 1.165) is 31.1 Å². The SMILES string of the molecule is COc1ccc(NCC(C)C)cc1CN[C@H]1CCCN[C@H]1c1ccccc1. The van der Waals surface area contributed by atoms with E-state index in [9.17, 15) is 0 Å². The molecule has 1 fully saturated rings. The standard InChI is InChI=1S/C23H33N3O/c1-17(2)15-25-20-11-12-22(27-3)19(14-20)16-26-21-10-7-13-24-23(21)18-8-5-4-6-9-18/h4-6,8-9,11-12,14,17,21,23-26H,7,10,13,15-16H2,1-3H3/t21-,23-/m0/s1. The fourth-order valence-corrected chi connectivity index (χ4v) is 3.71. The lowest BCUT2D eigenvalue weighted by molar-refractivity contribution is 0.303. The molecule has 2 aromatic carbocycles. The maximum Gasteiger partial charge on any atom is 0.123 e. The van der Waals surface area contributed by atoms with Crippen LogP contribution in [-0.4, -0.2) is 26.2 Å². The minimum atomic E-state index is 0.355. The van der Waals surface area contributed by atoms with Crippen molar-refractivity contribution in [2.45, 2.75) is 45.3 Å². The molecule has 0 amide bonds. The number of hydrogen-bond acceptors (Lipinski definition) is 4. The second-order valence-electron chi connectivity index (χ2n) is 7.77. The zero-order valence-corrected chi connectivity index (χ0v) is 16.8. The molecule has 0 saturated carbocycles. The van der Waals surface area contributed by atoms with Crippen LogP contribution in [0.25, 0.3) is 0 Å². The highest BCUT2D eigenvalue weighted by atomic mass is 16.5. The number of hydrogen-bond donors (Lipinski definition) is 3. The van der Waals surface area contributed by atoms with Crippen LogP contribution in [0, 0.1) is 5.92 Å². The molecule has 27 heavy (non-hydrogen) atoms. The molecule has 0 unspecified atom stereocenters. The van der Waals surface area contributed by atoms with Crippen molar-refractivity contribution in [2.24, 2.45) is 5.92 Å². The Kier molecular flexibility index (Phi) is 7.13. The van der Waals surface area contributed by atoms with E-state index in [0.29, 0.717) is 18.0 Å². The Morgan fingerprint density at radius 2 is 1.96 bits per heavy atom. The zero-order valence-electron chi connectivity index (χ0n) is 16.8. The third-order valence-corrected chi connectivity index (χ3v) is 5.17. The lowest BCUT2D eigenvalue weighted by Gasteiger charge is -2.34. The highest BCUT2D eigenvalue weighted by Crippen LogP contribution is 2.26. The van der Waals surface area contributed by atoms with Crippen LogP contribution in [0.3, 0.4) is 0 Å². The minimum Gasteiger partial charge on any atom is -0.496 e. The first-order valence-electron chi connectivity index (χ1n) is 10.1. The molecule has 1 saturated heterocycles. The van der Waals surface area contributed by atoms with E-state index >= 15 is 0 Å². The molecule has 0 aromatic heterocycles. The summed E-state index contributed by atoms with van der Waals surface area (Å²) in [6, 6.07) is 17.9. The molecule has 4 heteroatoms. The number of methoxy groups -OCH3 is 1. The van der Waals surface area contributed by atoms with Crippen molar-refractivity contribution < 1.29 is 4.74 Å². The first-order chi connectivity index (χ1) is 13.2. The van der Waals surface area contributed by atoms with E-state index in [2.05, 4.69) is 78.3 Å². The maximum absolute atomic E-state index is 5.59. The van der Waals surface area contributed by atoms with Crippen LogP contribution < -0.4 is 20.7 Å². The molecule has 1 heterocycles. The Bertz CT molecular complexity index is 702. The molecule has 1 aliphatic rings. The molecule has 2 atom stereocenters. The van der Waals surface area contributed by atoms with Crippen LogP contribution in [0.15, 0.2) is 48.5 Å². The lowest BCUT2D eigenvalue weighted by Crippen LogP contribution is -2.45. The van der Waals surface area contributed by atoms with E-state index in [4.69, 9.17) is 4.74 Å². The van der Waals surface area contributed by atoms with Crippen molar-refractivity contribution >= 4 is 5.69 Å². The van der Waals surface area contributed by atoms with Crippen molar-refractivity contribution in [3.8, 4) is 5.75 Å². The third kappa shape index (κ3) is 5.47. The van der Waals surface area contributed by atoms with Crippen LogP contribution in [0.5, 0.6) is 5.75 Å². The summed E-state index contributed by atoms with van der Waals surface area (Å²) in [5.41, 5.74) is 3.71. The fourth-order valence-electron chi connectivity index (χ4n) is 3.71. The van der Waals surface area contributed by atoms with Gasteiger partial charge in [0.15, 0.2) is 0 Å². The summed E-state index contributed by atoms with van der Waals surface area (Å²) in [4.78, 5) is 0. The third-order valence-electron chi connectivity index (χ3n) is 5.17. The quantitative estimate of drug-likeness (QED) is 0.649. The van der Waals surface area contributed by atoms with Crippen LogP contribution in [-0.2, 0) is 6.54 Å². The molecule has 3 rings (SSSR count). The zero-order chi connectivity index (χ0) is 19.1. The molecule has 4 nitrogen and oxygen atoms in total. The molecule has 146 valence electrons. The van der Waals surface area contributed by atoms with Gasteiger partial charge in [0.2, 0.25) is 0 Å². The Hall–Kier alpha value is -2.04. The Morgan fingerprint density at radius 3 is 2.70 bits per heavy atom. The van der Waals surface area contributed by atoms with E-state index < -0.39 is 0 Å². The molecular weight excluding hydrogens is 334 g/mol.